The molecule has 0 N–H and O–H groups in total. The van der Waals surface area contributed by atoms with E-state index in [0.717, 1.165) is 5.69 Å². The van der Waals surface area contributed by atoms with Crippen molar-refractivity contribution in [2.24, 2.45) is 4.99 Å². The number of hydrogen-bond acceptors (Lipinski definition) is 4. The molecule has 0 radical (unpaired) electrons. The number of thiazole rings is 1. The number of nitrogens with zero attached hydrogens (tertiary/aromatic N) is 2. The first-order valence-corrected chi connectivity index (χ1v) is 7.64. The maximum Gasteiger partial charge on any atom is 0.573 e. The van der Waals surface area contributed by atoms with E-state index in [4.69, 9.17) is 0 Å². The molecule has 0 saturated heterocycles. The number of halogens is 4. The summed E-state index contributed by atoms with van der Waals surface area (Å²) in [6.07, 6.45) is -4.72. The lowest BCUT2D eigenvalue weighted by molar-refractivity contribution is -0.274. The van der Waals surface area contributed by atoms with Crippen molar-refractivity contribution in [1.29, 1.82) is 0 Å². The summed E-state index contributed by atoms with van der Waals surface area (Å²) in [7, 11) is 0. The van der Waals surface area contributed by atoms with Crippen LogP contribution in [0.4, 0.5) is 18.9 Å². The molecule has 0 aliphatic rings. The fourth-order valence-electron chi connectivity index (χ4n) is 2.10. The molecule has 0 fully saturated rings. The average molecular weight is 381 g/mol. The Kier molecular flexibility index (Phi) is 6.62. The summed E-state index contributed by atoms with van der Waals surface area (Å²) in [6.45, 7) is 5.91. The third-order valence-electron chi connectivity index (χ3n) is 3.09. The number of ether oxygens (including phenoxy) is 1. The van der Waals surface area contributed by atoms with Gasteiger partial charge >= 0.3 is 6.36 Å². The van der Waals surface area contributed by atoms with Crippen molar-refractivity contribution in [1.82, 2.24) is 4.57 Å². The van der Waals surface area contributed by atoms with E-state index in [-0.39, 0.29) is 23.9 Å². The van der Waals surface area contributed by atoms with Crippen molar-refractivity contribution >= 4 is 35.2 Å². The standard InChI is InChI=1S/C15H15F3N2O2S.ClH/c1-4-20-9(2)13(10(3)21)23-14(20)19-11-5-7-12(8-6-11)22-15(16,17)18;/h5-8H,4H2,1-3H3;1H/b19-14+;. The van der Waals surface area contributed by atoms with E-state index in [2.05, 4.69) is 9.73 Å². The van der Waals surface area contributed by atoms with Crippen LogP contribution in [-0.2, 0) is 6.54 Å². The Morgan fingerprint density at radius 1 is 1.29 bits per heavy atom. The predicted molar refractivity (Wildman–Crippen MR) is 88.3 cm³/mol. The quantitative estimate of drug-likeness (QED) is 0.725. The third kappa shape index (κ3) is 4.85. The second-order valence-corrected chi connectivity index (χ2v) is 5.73. The van der Waals surface area contributed by atoms with Gasteiger partial charge in [-0.05, 0) is 38.1 Å². The van der Waals surface area contributed by atoms with Crippen LogP contribution in [0.25, 0.3) is 0 Å². The van der Waals surface area contributed by atoms with Gasteiger partial charge in [0.05, 0.1) is 10.6 Å². The Morgan fingerprint density at radius 3 is 2.33 bits per heavy atom. The molecule has 24 heavy (non-hydrogen) atoms. The predicted octanol–water partition coefficient (Wildman–Crippen LogP) is 4.63. The first-order chi connectivity index (χ1) is 10.7. The van der Waals surface area contributed by atoms with Gasteiger partial charge in [0.25, 0.3) is 0 Å². The maximum atomic E-state index is 12.1. The number of alkyl halides is 3. The van der Waals surface area contributed by atoms with Crippen molar-refractivity contribution in [3.63, 3.8) is 0 Å². The SMILES string of the molecule is CCn1c(C)c(C(C)=O)s/c1=N/c1ccc(OC(F)(F)F)cc1.Cl. The molecule has 1 aromatic carbocycles. The summed E-state index contributed by atoms with van der Waals surface area (Å²) in [5.41, 5.74) is 1.32. The van der Waals surface area contributed by atoms with Gasteiger partial charge in [-0.2, -0.15) is 0 Å². The highest BCUT2D eigenvalue weighted by Gasteiger charge is 2.30. The molecule has 0 atom stereocenters. The van der Waals surface area contributed by atoms with E-state index in [1.54, 1.807) is 0 Å². The number of aromatic nitrogens is 1. The molecular weight excluding hydrogens is 365 g/mol. The molecule has 0 saturated carbocycles. The van der Waals surface area contributed by atoms with Crippen molar-refractivity contribution in [2.75, 3.05) is 0 Å². The molecule has 0 unspecified atom stereocenters. The number of rotatable bonds is 4. The van der Waals surface area contributed by atoms with E-state index in [0.29, 0.717) is 21.9 Å². The van der Waals surface area contributed by atoms with Gasteiger partial charge < -0.3 is 9.30 Å². The van der Waals surface area contributed by atoms with E-state index < -0.39 is 6.36 Å². The first kappa shape index (κ1) is 20.2. The van der Waals surface area contributed by atoms with E-state index in [9.17, 15) is 18.0 Å². The van der Waals surface area contributed by atoms with Crippen molar-refractivity contribution in [3.05, 3.63) is 39.6 Å². The zero-order valence-electron chi connectivity index (χ0n) is 13.2. The molecule has 0 amide bonds. The lowest BCUT2D eigenvalue weighted by Crippen LogP contribution is -2.17. The number of Topliss-reactive ketones (excluding diaryl/α,β-unsaturated/α-hetero) is 1. The molecule has 4 nitrogen and oxygen atoms in total. The Bertz CT molecular complexity index is 779. The van der Waals surface area contributed by atoms with E-state index >= 15 is 0 Å². The van der Waals surface area contributed by atoms with Crippen LogP contribution in [0.15, 0.2) is 29.3 Å². The molecule has 2 rings (SSSR count). The van der Waals surface area contributed by atoms with Crippen LogP contribution in [0, 0.1) is 6.92 Å². The lowest BCUT2D eigenvalue weighted by atomic mass is 10.3. The second-order valence-electron chi connectivity index (χ2n) is 4.75. The minimum absolute atomic E-state index is 0. The van der Waals surface area contributed by atoms with Crippen LogP contribution in [0.1, 0.15) is 29.2 Å². The maximum absolute atomic E-state index is 12.1. The largest absolute Gasteiger partial charge is 0.573 e. The van der Waals surface area contributed by atoms with Crippen molar-refractivity contribution in [2.45, 2.75) is 33.7 Å². The fourth-order valence-corrected chi connectivity index (χ4v) is 3.21. The van der Waals surface area contributed by atoms with Crippen LogP contribution in [0.2, 0.25) is 0 Å². The number of carbonyl (C=O) groups is 1. The molecule has 2 aromatic rings. The minimum atomic E-state index is -4.72. The molecule has 0 aliphatic carbocycles. The third-order valence-corrected chi connectivity index (χ3v) is 4.37. The summed E-state index contributed by atoms with van der Waals surface area (Å²) < 4.78 is 42.1. The van der Waals surface area contributed by atoms with E-state index in [1.165, 1.54) is 42.5 Å². The highest BCUT2D eigenvalue weighted by atomic mass is 35.5. The molecule has 132 valence electrons. The first-order valence-electron chi connectivity index (χ1n) is 6.83. The van der Waals surface area contributed by atoms with Gasteiger partial charge in [-0.25, -0.2) is 4.99 Å². The number of benzene rings is 1. The minimum Gasteiger partial charge on any atom is -0.406 e. The number of carbonyl (C=O) groups excluding carboxylic acids is 1. The van der Waals surface area contributed by atoms with Crippen LogP contribution in [0.3, 0.4) is 0 Å². The summed E-state index contributed by atoms with van der Waals surface area (Å²) in [6, 6.07) is 5.27. The smallest absolute Gasteiger partial charge is 0.406 e. The fraction of sp³-hybridized carbons (Fsp3) is 0.333. The van der Waals surface area contributed by atoms with Gasteiger partial charge in [-0.15, -0.1) is 25.6 Å². The normalized spacial score (nSPS) is 12.0. The van der Waals surface area contributed by atoms with Crippen LogP contribution in [-0.4, -0.2) is 16.7 Å². The summed E-state index contributed by atoms with van der Waals surface area (Å²) >= 11 is 1.26. The Labute approximate surface area is 147 Å². The zero-order chi connectivity index (χ0) is 17.2. The second kappa shape index (κ2) is 7.85. The molecule has 0 bridgehead atoms. The summed E-state index contributed by atoms with van der Waals surface area (Å²) in [4.78, 5) is 17.3. The summed E-state index contributed by atoms with van der Waals surface area (Å²) in [5.74, 6) is -0.336. The van der Waals surface area contributed by atoms with Gasteiger partial charge in [-0.1, -0.05) is 11.3 Å². The monoisotopic (exact) mass is 380 g/mol. The van der Waals surface area contributed by atoms with E-state index in [1.807, 2.05) is 18.4 Å². The van der Waals surface area contributed by atoms with Crippen molar-refractivity contribution in [3.8, 4) is 5.75 Å². The Balaban J connectivity index is 0.00000288. The van der Waals surface area contributed by atoms with Crippen LogP contribution >= 0.6 is 23.7 Å². The molecular formula is C15H16ClF3N2O2S. The number of ketones is 1. The zero-order valence-corrected chi connectivity index (χ0v) is 14.8. The van der Waals surface area contributed by atoms with Crippen molar-refractivity contribution < 1.29 is 22.7 Å². The lowest BCUT2D eigenvalue weighted by Gasteiger charge is -2.08. The molecule has 1 aromatic heterocycles. The van der Waals surface area contributed by atoms with Crippen LogP contribution < -0.4 is 9.54 Å². The number of hydrogen-bond donors (Lipinski definition) is 0. The topological polar surface area (TPSA) is 43.6 Å². The van der Waals surface area contributed by atoms with Crippen LogP contribution in [0.5, 0.6) is 5.75 Å². The molecule has 9 heteroatoms. The Hall–Kier alpha value is -1.80. The molecule has 0 aliphatic heterocycles. The van der Waals surface area contributed by atoms with Gasteiger partial charge in [0.2, 0.25) is 0 Å². The molecule has 1 heterocycles. The van der Waals surface area contributed by atoms with Gasteiger partial charge in [0, 0.05) is 19.2 Å². The van der Waals surface area contributed by atoms with Gasteiger partial charge in [-0.3, -0.25) is 4.79 Å². The average Bonchev–Trinajstić information content (AvgIpc) is 2.75. The van der Waals surface area contributed by atoms with Gasteiger partial charge in [0.15, 0.2) is 10.6 Å². The summed E-state index contributed by atoms with van der Waals surface area (Å²) in [5, 5.41) is 0. The highest BCUT2D eigenvalue weighted by molar-refractivity contribution is 7.11. The molecule has 0 spiro atoms. The van der Waals surface area contributed by atoms with Gasteiger partial charge in [0.1, 0.15) is 5.75 Å². The highest BCUT2D eigenvalue weighted by Crippen LogP contribution is 2.25. The Morgan fingerprint density at radius 2 is 1.88 bits per heavy atom.